The predicted octanol–water partition coefficient (Wildman–Crippen LogP) is 0.489. The second kappa shape index (κ2) is 3.59. The first-order chi connectivity index (χ1) is 6.06. The summed E-state index contributed by atoms with van der Waals surface area (Å²) in [7, 11) is 1.33. The fraction of sp³-hybridized carbons (Fsp3) is 0.250. The van der Waals surface area contributed by atoms with Crippen LogP contribution in [0.1, 0.15) is 11.8 Å². The molecule has 4 N–H and O–H groups in total. The number of hydrogen-bond donors (Lipinski definition) is 3. The zero-order valence-corrected chi connectivity index (χ0v) is 6.99. The van der Waals surface area contributed by atoms with Gasteiger partial charge in [-0.25, -0.2) is 4.39 Å². The molecule has 0 saturated carbocycles. The summed E-state index contributed by atoms with van der Waals surface area (Å²) in [4.78, 5) is 0. The van der Waals surface area contributed by atoms with Crippen LogP contribution >= 0.6 is 0 Å². The fourth-order valence-corrected chi connectivity index (χ4v) is 0.966. The van der Waals surface area contributed by atoms with Crippen molar-refractivity contribution in [1.29, 1.82) is 0 Å². The monoisotopic (exact) mass is 187 g/mol. The van der Waals surface area contributed by atoms with E-state index in [-0.39, 0.29) is 11.3 Å². The number of phenolic OH excluding ortho intramolecular Hbond substituents is 1. The highest BCUT2D eigenvalue weighted by Crippen LogP contribution is 2.29. The summed E-state index contributed by atoms with van der Waals surface area (Å²) in [5, 5.41) is 18.0. The quantitative estimate of drug-likeness (QED) is 0.589. The van der Waals surface area contributed by atoms with Crippen molar-refractivity contribution in [2.75, 3.05) is 7.11 Å². The molecule has 0 aliphatic heterocycles. The van der Waals surface area contributed by atoms with Crippen LogP contribution in [0.4, 0.5) is 4.39 Å². The van der Waals surface area contributed by atoms with E-state index in [1.54, 1.807) is 0 Å². The number of halogens is 1. The van der Waals surface area contributed by atoms with Gasteiger partial charge in [-0.2, -0.15) is 0 Å². The molecule has 0 amide bonds. The van der Waals surface area contributed by atoms with Crippen molar-refractivity contribution in [1.82, 2.24) is 0 Å². The van der Waals surface area contributed by atoms with Gasteiger partial charge in [0.05, 0.1) is 7.11 Å². The summed E-state index contributed by atoms with van der Waals surface area (Å²) >= 11 is 0. The lowest BCUT2D eigenvalue weighted by Crippen LogP contribution is -2.10. The number of phenols is 1. The van der Waals surface area contributed by atoms with Crippen molar-refractivity contribution >= 4 is 0 Å². The first kappa shape index (κ1) is 9.76. The molecule has 0 saturated heterocycles. The molecule has 4 nitrogen and oxygen atoms in total. The van der Waals surface area contributed by atoms with Gasteiger partial charge < -0.3 is 20.7 Å². The van der Waals surface area contributed by atoms with Crippen molar-refractivity contribution in [2.45, 2.75) is 6.23 Å². The number of hydrogen-bond acceptors (Lipinski definition) is 4. The average Bonchev–Trinajstić information content (AvgIpc) is 2.08. The van der Waals surface area contributed by atoms with E-state index < -0.39 is 17.8 Å². The lowest BCUT2D eigenvalue weighted by atomic mass is 10.1. The van der Waals surface area contributed by atoms with Crippen LogP contribution in [0.15, 0.2) is 12.1 Å². The molecule has 5 heteroatoms. The Hall–Kier alpha value is -1.33. The number of aliphatic hydroxyl groups excluding tert-OH is 1. The highest BCUT2D eigenvalue weighted by molar-refractivity contribution is 5.42. The molecule has 0 aromatic heterocycles. The molecule has 0 fully saturated rings. The van der Waals surface area contributed by atoms with E-state index >= 15 is 0 Å². The van der Waals surface area contributed by atoms with Crippen molar-refractivity contribution in [3.8, 4) is 11.5 Å². The zero-order chi connectivity index (χ0) is 10.0. The van der Waals surface area contributed by atoms with Gasteiger partial charge in [-0.05, 0) is 6.07 Å². The first-order valence-electron chi connectivity index (χ1n) is 3.56. The summed E-state index contributed by atoms with van der Waals surface area (Å²) < 4.78 is 17.6. The van der Waals surface area contributed by atoms with Gasteiger partial charge in [-0.1, -0.05) is 0 Å². The Morgan fingerprint density at radius 2 is 2.15 bits per heavy atom. The smallest absolute Gasteiger partial charge is 0.165 e. The molecule has 0 bridgehead atoms. The van der Waals surface area contributed by atoms with Gasteiger partial charge in [0.15, 0.2) is 11.6 Å². The maximum absolute atomic E-state index is 12.8. The molecule has 0 radical (unpaired) electrons. The molecule has 0 aliphatic rings. The number of methoxy groups -OCH3 is 1. The third kappa shape index (κ3) is 1.88. The van der Waals surface area contributed by atoms with E-state index in [0.29, 0.717) is 0 Å². The van der Waals surface area contributed by atoms with Gasteiger partial charge in [-0.15, -0.1) is 0 Å². The van der Waals surface area contributed by atoms with Crippen LogP contribution in [0.3, 0.4) is 0 Å². The van der Waals surface area contributed by atoms with Gasteiger partial charge in [0.1, 0.15) is 12.0 Å². The Balaban J connectivity index is 3.25. The minimum atomic E-state index is -1.33. The summed E-state index contributed by atoms with van der Waals surface area (Å²) in [6.45, 7) is 0. The predicted molar refractivity (Wildman–Crippen MR) is 43.8 cm³/mol. The van der Waals surface area contributed by atoms with E-state index in [4.69, 9.17) is 20.7 Å². The summed E-state index contributed by atoms with van der Waals surface area (Å²) in [6.07, 6.45) is -1.33. The molecule has 0 aliphatic carbocycles. The van der Waals surface area contributed by atoms with Crippen LogP contribution in [-0.2, 0) is 0 Å². The fourth-order valence-electron chi connectivity index (χ4n) is 0.966. The van der Waals surface area contributed by atoms with E-state index in [2.05, 4.69) is 0 Å². The first-order valence-corrected chi connectivity index (χ1v) is 3.56. The third-order valence-corrected chi connectivity index (χ3v) is 1.62. The molecule has 1 unspecified atom stereocenters. The molecule has 0 spiro atoms. The van der Waals surface area contributed by atoms with Crippen LogP contribution in [0.25, 0.3) is 0 Å². The van der Waals surface area contributed by atoms with Gasteiger partial charge in [0.2, 0.25) is 0 Å². The van der Waals surface area contributed by atoms with Crippen molar-refractivity contribution in [3.05, 3.63) is 23.5 Å². The number of benzene rings is 1. The Labute approximate surface area is 74.4 Å². The second-order valence-electron chi connectivity index (χ2n) is 2.49. The molecule has 1 aromatic rings. The minimum absolute atomic E-state index is 0.0952. The number of aliphatic hydroxyl groups is 1. The van der Waals surface area contributed by atoms with Crippen molar-refractivity contribution < 1.29 is 19.3 Å². The Morgan fingerprint density at radius 1 is 1.54 bits per heavy atom. The SMILES string of the molecule is COc1cc(O)c(F)cc1C(N)O. The number of ether oxygens (including phenoxy) is 1. The minimum Gasteiger partial charge on any atom is -0.505 e. The number of nitrogens with two attached hydrogens (primary N) is 1. The largest absolute Gasteiger partial charge is 0.505 e. The van der Waals surface area contributed by atoms with Gasteiger partial charge in [0.25, 0.3) is 0 Å². The van der Waals surface area contributed by atoms with Gasteiger partial charge >= 0.3 is 0 Å². The zero-order valence-electron chi connectivity index (χ0n) is 6.99. The van der Waals surface area contributed by atoms with Crippen molar-refractivity contribution in [3.63, 3.8) is 0 Å². The van der Waals surface area contributed by atoms with E-state index in [0.717, 1.165) is 12.1 Å². The number of aromatic hydroxyl groups is 1. The summed E-state index contributed by atoms with van der Waals surface area (Å²) in [5.74, 6) is -1.24. The molecular formula is C8H10FNO3. The molecule has 13 heavy (non-hydrogen) atoms. The van der Waals surface area contributed by atoms with Crippen LogP contribution in [0.2, 0.25) is 0 Å². The van der Waals surface area contributed by atoms with Crippen LogP contribution in [0.5, 0.6) is 11.5 Å². The highest BCUT2D eigenvalue weighted by Gasteiger charge is 2.13. The third-order valence-electron chi connectivity index (χ3n) is 1.62. The van der Waals surface area contributed by atoms with Crippen LogP contribution < -0.4 is 10.5 Å². The lowest BCUT2D eigenvalue weighted by Gasteiger charge is -2.11. The van der Waals surface area contributed by atoms with E-state index in [9.17, 15) is 4.39 Å². The van der Waals surface area contributed by atoms with Crippen molar-refractivity contribution in [2.24, 2.45) is 5.73 Å². The molecule has 1 rings (SSSR count). The average molecular weight is 187 g/mol. The normalized spacial score (nSPS) is 12.6. The Kier molecular flexibility index (Phi) is 2.69. The molecule has 72 valence electrons. The second-order valence-corrected chi connectivity index (χ2v) is 2.49. The van der Waals surface area contributed by atoms with Crippen LogP contribution in [0, 0.1) is 5.82 Å². The van der Waals surface area contributed by atoms with E-state index in [1.807, 2.05) is 0 Å². The Bertz CT molecular complexity index is 315. The molecular weight excluding hydrogens is 177 g/mol. The maximum atomic E-state index is 12.8. The van der Waals surface area contributed by atoms with Gasteiger partial charge in [-0.3, -0.25) is 0 Å². The number of rotatable bonds is 2. The summed E-state index contributed by atoms with van der Waals surface area (Å²) in [5.41, 5.74) is 5.23. The topological polar surface area (TPSA) is 75.7 Å². The maximum Gasteiger partial charge on any atom is 0.165 e. The highest BCUT2D eigenvalue weighted by atomic mass is 19.1. The van der Waals surface area contributed by atoms with E-state index in [1.165, 1.54) is 7.11 Å². The standard InChI is InChI=1S/C8H10FNO3/c1-13-7-3-6(11)5(9)2-4(7)8(10)12/h2-3,8,11-12H,10H2,1H3. The molecule has 0 heterocycles. The lowest BCUT2D eigenvalue weighted by molar-refractivity contribution is 0.181. The molecule has 1 atom stereocenters. The Morgan fingerprint density at radius 3 is 2.62 bits per heavy atom. The van der Waals surface area contributed by atoms with Gasteiger partial charge in [0, 0.05) is 11.6 Å². The molecule has 1 aromatic carbocycles. The summed E-state index contributed by atoms with van der Waals surface area (Å²) in [6, 6.07) is 1.99. The van der Waals surface area contributed by atoms with Crippen LogP contribution in [-0.4, -0.2) is 17.3 Å².